The van der Waals surface area contributed by atoms with Gasteiger partial charge >= 0.3 is 11.9 Å². The van der Waals surface area contributed by atoms with Crippen LogP contribution in [0.2, 0.25) is 0 Å². The minimum absolute atomic E-state index is 0.0130. The van der Waals surface area contributed by atoms with Gasteiger partial charge in [-0.1, -0.05) is 24.8 Å². The summed E-state index contributed by atoms with van der Waals surface area (Å²) in [7, 11) is 0. The van der Waals surface area contributed by atoms with Crippen LogP contribution in [0.15, 0.2) is 48.6 Å². The molecule has 5 heteroatoms. The number of ketones is 2. The first-order valence-electron chi connectivity index (χ1n) is 7.26. The molecule has 0 bridgehead atoms. The number of benzene rings is 2. The molecule has 116 valence electrons. The number of esters is 2. The molecular weight excluding hydrogens is 308 g/mol. The van der Waals surface area contributed by atoms with Crippen LogP contribution in [0.3, 0.4) is 0 Å². The van der Waals surface area contributed by atoms with Gasteiger partial charge in [-0.05, 0) is 35.7 Å². The number of allylic oxidation sites excluding steroid dienone is 1. The quantitative estimate of drug-likeness (QED) is 0.368. The van der Waals surface area contributed by atoms with Crippen molar-refractivity contribution >= 4 is 23.5 Å². The molecule has 0 unspecified atom stereocenters. The lowest BCUT2D eigenvalue weighted by Crippen LogP contribution is -1.98. The monoisotopic (exact) mass is 318 g/mol. The first-order chi connectivity index (χ1) is 11.5. The van der Waals surface area contributed by atoms with Gasteiger partial charge < -0.3 is 4.74 Å². The van der Waals surface area contributed by atoms with Crippen molar-refractivity contribution in [3.63, 3.8) is 0 Å². The fraction of sp³-hybridized carbons (Fsp3) is 0.0526. The number of carbonyl (C=O) groups excluding carboxylic acids is 4. The van der Waals surface area contributed by atoms with Crippen molar-refractivity contribution in [2.75, 3.05) is 0 Å². The number of ether oxygens (including phenoxy) is 1. The zero-order valence-corrected chi connectivity index (χ0v) is 12.4. The third-order valence-corrected chi connectivity index (χ3v) is 4.24. The van der Waals surface area contributed by atoms with E-state index in [2.05, 4.69) is 11.3 Å². The number of fused-ring (bicyclic) bond motifs is 2. The van der Waals surface area contributed by atoms with Crippen molar-refractivity contribution < 1.29 is 23.9 Å². The predicted molar refractivity (Wildman–Crippen MR) is 83.2 cm³/mol. The zero-order valence-electron chi connectivity index (χ0n) is 12.4. The van der Waals surface area contributed by atoms with Gasteiger partial charge in [0.2, 0.25) is 0 Å². The van der Waals surface area contributed by atoms with Crippen LogP contribution in [0, 0.1) is 0 Å². The second kappa shape index (κ2) is 4.83. The van der Waals surface area contributed by atoms with Crippen molar-refractivity contribution in [1.29, 1.82) is 0 Å². The van der Waals surface area contributed by atoms with Crippen LogP contribution in [0.25, 0.3) is 0 Å². The smallest absolute Gasteiger partial charge is 0.346 e. The third kappa shape index (κ3) is 1.95. The molecule has 0 saturated heterocycles. The molecule has 5 nitrogen and oxygen atoms in total. The highest BCUT2D eigenvalue weighted by Crippen LogP contribution is 2.28. The maximum atomic E-state index is 12.0. The number of cyclic esters (lactones) is 2. The number of carbonyl (C=O) groups is 4. The van der Waals surface area contributed by atoms with E-state index in [0.717, 1.165) is 11.1 Å². The van der Waals surface area contributed by atoms with Crippen LogP contribution in [-0.2, 0) is 11.2 Å². The molecule has 0 N–H and O–H groups in total. The molecule has 0 fully saturated rings. The lowest BCUT2D eigenvalue weighted by Gasteiger charge is -2.05. The van der Waals surface area contributed by atoms with E-state index in [-0.39, 0.29) is 28.3 Å². The fourth-order valence-corrected chi connectivity index (χ4v) is 2.99. The highest BCUT2D eigenvalue weighted by molar-refractivity contribution is 6.39. The highest BCUT2D eigenvalue weighted by Gasteiger charge is 2.32. The summed E-state index contributed by atoms with van der Waals surface area (Å²) in [5, 5.41) is 0. The molecule has 0 spiro atoms. The Bertz CT molecular complexity index is 997. The van der Waals surface area contributed by atoms with Crippen molar-refractivity contribution in [3.8, 4) is 0 Å². The van der Waals surface area contributed by atoms with Gasteiger partial charge in [0.25, 0.3) is 0 Å². The molecular formula is C19H10O5. The molecule has 0 atom stereocenters. The van der Waals surface area contributed by atoms with E-state index in [1.54, 1.807) is 36.4 Å². The van der Waals surface area contributed by atoms with Crippen molar-refractivity contribution in [3.05, 3.63) is 81.9 Å². The molecule has 24 heavy (non-hydrogen) atoms. The second-order valence-electron chi connectivity index (χ2n) is 5.75. The fourth-order valence-electron chi connectivity index (χ4n) is 2.99. The van der Waals surface area contributed by atoms with E-state index in [1.807, 2.05) is 0 Å². The van der Waals surface area contributed by atoms with Crippen molar-refractivity contribution in [2.45, 2.75) is 6.42 Å². The zero-order chi connectivity index (χ0) is 17.0. The van der Waals surface area contributed by atoms with Gasteiger partial charge in [-0.25, -0.2) is 9.59 Å². The Labute approximate surface area is 136 Å². The number of rotatable bonds is 2. The standard InChI is InChI=1S/C19H10O5/c1-9-16(20)12-4-2-10(7-14(12)17(9)21)6-11-3-5-13-15(8-11)19(23)24-18(13)22/h2-5,7-8H,1,6H2. The molecule has 2 aromatic rings. The van der Waals surface area contributed by atoms with E-state index >= 15 is 0 Å². The topological polar surface area (TPSA) is 77.5 Å². The normalized spacial score (nSPS) is 15.6. The van der Waals surface area contributed by atoms with E-state index in [4.69, 9.17) is 0 Å². The average molecular weight is 318 g/mol. The van der Waals surface area contributed by atoms with Crippen LogP contribution in [0.5, 0.6) is 0 Å². The van der Waals surface area contributed by atoms with Crippen LogP contribution < -0.4 is 0 Å². The van der Waals surface area contributed by atoms with Gasteiger partial charge in [-0.2, -0.15) is 0 Å². The van der Waals surface area contributed by atoms with Crippen LogP contribution in [-0.4, -0.2) is 23.5 Å². The Kier molecular flexibility index (Phi) is 2.87. The Balaban J connectivity index is 1.69. The minimum Gasteiger partial charge on any atom is -0.386 e. The molecule has 1 heterocycles. The maximum absolute atomic E-state index is 12.0. The van der Waals surface area contributed by atoms with Gasteiger partial charge in [0.15, 0.2) is 11.6 Å². The summed E-state index contributed by atoms with van der Waals surface area (Å²) in [6.45, 7) is 3.52. The van der Waals surface area contributed by atoms with E-state index in [9.17, 15) is 19.2 Å². The molecule has 1 aliphatic heterocycles. The molecule has 0 amide bonds. The Morgan fingerprint density at radius 2 is 1.25 bits per heavy atom. The van der Waals surface area contributed by atoms with Gasteiger partial charge in [-0.15, -0.1) is 0 Å². The number of Topliss-reactive ketones (excluding diaryl/α,β-unsaturated/α-hetero) is 2. The largest absolute Gasteiger partial charge is 0.386 e. The van der Waals surface area contributed by atoms with Crippen LogP contribution >= 0.6 is 0 Å². The second-order valence-corrected chi connectivity index (χ2v) is 5.75. The molecule has 0 aromatic heterocycles. The van der Waals surface area contributed by atoms with Gasteiger partial charge in [-0.3, -0.25) is 9.59 Å². The Hall–Kier alpha value is -3.34. The summed E-state index contributed by atoms with van der Waals surface area (Å²) < 4.78 is 4.57. The first-order valence-corrected chi connectivity index (χ1v) is 7.26. The summed E-state index contributed by atoms with van der Waals surface area (Å²) in [5.74, 6) is -1.97. The van der Waals surface area contributed by atoms with E-state index in [0.29, 0.717) is 17.5 Å². The van der Waals surface area contributed by atoms with Crippen molar-refractivity contribution in [2.24, 2.45) is 0 Å². The SMILES string of the molecule is C=C1C(=O)c2ccc(Cc3ccc4c(c3)C(=O)OC4=O)cc2C1=O. The summed E-state index contributed by atoms with van der Waals surface area (Å²) in [4.78, 5) is 47.0. The first kappa shape index (κ1) is 14.3. The summed E-state index contributed by atoms with van der Waals surface area (Å²) in [6.07, 6.45) is 0.454. The van der Waals surface area contributed by atoms with E-state index < -0.39 is 11.9 Å². The average Bonchev–Trinajstić information content (AvgIpc) is 2.97. The Morgan fingerprint density at radius 1 is 0.708 bits per heavy atom. The summed E-state index contributed by atoms with van der Waals surface area (Å²) in [5.41, 5.74) is 2.85. The van der Waals surface area contributed by atoms with Gasteiger partial charge in [0, 0.05) is 11.1 Å². The minimum atomic E-state index is -0.650. The Morgan fingerprint density at radius 3 is 1.96 bits per heavy atom. The molecule has 0 radical (unpaired) electrons. The molecule has 4 rings (SSSR count). The maximum Gasteiger partial charge on any atom is 0.346 e. The van der Waals surface area contributed by atoms with Gasteiger partial charge in [0.1, 0.15) is 0 Å². The summed E-state index contributed by atoms with van der Waals surface area (Å²) in [6, 6.07) is 9.96. The van der Waals surface area contributed by atoms with E-state index in [1.165, 1.54) is 0 Å². The van der Waals surface area contributed by atoms with Gasteiger partial charge in [0.05, 0.1) is 16.7 Å². The molecule has 2 aliphatic rings. The number of hydrogen-bond donors (Lipinski definition) is 0. The van der Waals surface area contributed by atoms with Crippen molar-refractivity contribution in [1.82, 2.24) is 0 Å². The highest BCUT2D eigenvalue weighted by atomic mass is 16.6. The molecule has 0 saturated carbocycles. The lowest BCUT2D eigenvalue weighted by atomic mass is 9.98. The third-order valence-electron chi connectivity index (χ3n) is 4.24. The molecule has 2 aromatic carbocycles. The molecule has 1 aliphatic carbocycles. The van der Waals surface area contributed by atoms with Crippen LogP contribution in [0.4, 0.5) is 0 Å². The van der Waals surface area contributed by atoms with Crippen LogP contribution in [0.1, 0.15) is 52.6 Å². The predicted octanol–water partition coefficient (Wildman–Crippen LogP) is 2.52. The number of hydrogen-bond acceptors (Lipinski definition) is 5. The summed E-state index contributed by atoms with van der Waals surface area (Å²) >= 11 is 0. The lowest BCUT2D eigenvalue weighted by molar-refractivity contribution is 0.0443.